The lowest BCUT2D eigenvalue weighted by atomic mass is 10.0. The molecular weight excluding hydrogens is 251 g/mol. The Kier molecular flexibility index (Phi) is 5.55. The van der Waals surface area contributed by atoms with Crippen molar-refractivity contribution in [2.75, 3.05) is 20.1 Å². The molecule has 2 nitrogen and oxygen atoms in total. The normalized spacial score (nSPS) is 16.9. The molecule has 0 amide bonds. The summed E-state index contributed by atoms with van der Waals surface area (Å²) in [5, 5.41) is 3.32. The molecule has 3 heteroatoms. The molecule has 1 aromatic rings. The molecule has 0 aliphatic heterocycles. The fourth-order valence-corrected chi connectivity index (χ4v) is 2.83. The molecule has 112 valence electrons. The van der Waals surface area contributed by atoms with Gasteiger partial charge in [-0.25, -0.2) is 4.39 Å². The van der Waals surface area contributed by atoms with Crippen LogP contribution in [0.4, 0.5) is 4.39 Å². The second-order valence-corrected chi connectivity index (χ2v) is 6.30. The van der Waals surface area contributed by atoms with Gasteiger partial charge in [-0.2, -0.15) is 0 Å². The fraction of sp³-hybridized carbons (Fsp3) is 0.647. The van der Waals surface area contributed by atoms with Gasteiger partial charge in [0.25, 0.3) is 0 Å². The number of halogens is 1. The number of nitrogens with zero attached hydrogens (tertiary/aromatic N) is 1. The Hall–Kier alpha value is -0.930. The average Bonchev–Trinajstić information content (AvgIpc) is 3.22. The molecule has 1 aliphatic rings. The van der Waals surface area contributed by atoms with Crippen LogP contribution in [0.15, 0.2) is 24.3 Å². The zero-order valence-corrected chi connectivity index (χ0v) is 12.9. The molecule has 1 saturated carbocycles. The number of hydrogen-bond acceptors (Lipinski definition) is 2. The molecule has 1 aliphatic carbocycles. The Balaban J connectivity index is 1.92. The summed E-state index contributed by atoms with van der Waals surface area (Å²) in [6.45, 7) is 6.81. The van der Waals surface area contributed by atoms with Gasteiger partial charge in [0, 0.05) is 25.2 Å². The third-order valence-corrected chi connectivity index (χ3v) is 3.97. The molecule has 1 atom stereocenters. The van der Waals surface area contributed by atoms with E-state index in [2.05, 4.69) is 24.1 Å². The molecule has 1 fully saturated rings. The molecule has 0 heterocycles. The highest BCUT2D eigenvalue weighted by molar-refractivity contribution is 5.20. The maximum Gasteiger partial charge on any atom is 0.123 e. The van der Waals surface area contributed by atoms with Gasteiger partial charge in [-0.15, -0.1) is 0 Å². The third kappa shape index (κ3) is 4.57. The molecule has 1 aromatic carbocycles. The first kappa shape index (κ1) is 15.5. The van der Waals surface area contributed by atoms with Crippen LogP contribution >= 0.6 is 0 Å². The van der Waals surface area contributed by atoms with Gasteiger partial charge in [0.2, 0.25) is 0 Å². The fourth-order valence-electron chi connectivity index (χ4n) is 2.83. The predicted molar refractivity (Wildman–Crippen MR) is 82.3 cm³/mol. The number of benzene rings is 1. The van der Waals surface area contributed by atoms with Crippen LogP contribution < -0.4 is 5.32 Å². The molecule has 2 rings (SSSR count). The van der Waals surface area contributed by atoms with E-state index in [1.807, 2.05) is 13.1 Å². The van der Waals surface area contributed by atoms with E-state index in [-0.39, 0.29) is 11.9 Å². The monoisotopic (exact) mass is 278 g/mol. The molecule has 20 heavy (non-hydrogen) atoms. The van der Waals surface area contributed by atoms with Gasteiger partial charge in [-0.05, 0) is 49.9 Å². The Morgan fingerprint density at radius 3 is 2.65 bits per heavy atom. The van der Waals surface area contributed by atoms with E-state index in [1.165, 1.54) is 25.5 Å². The van der Waals surface area contributed by atoms with E-state index in [0.717, 1.165) is 24.6 Å². The summed E-state index contributed by atoms with van der Waals surface area (Å²) in [5.74, 6) is 0.557. The predicted octanol–water partition coefficient (Wildman–Crippen LogP) is 3.60. The van der Waals surface area contributed by atoms with Crippen LogP contribution in [0.2, 0.25) is 0 Å². The van der Waals surface area contributed by atoms with Gasteiger partial charge in [0.15, 0.2) is 0 Å². The van der Waals surface area contributed by atoms with Gasteiger partial charge in [0.1, 0.15) is 5.82 Å². The van der Waals surface area contributed by atoms with Crippen LogP contribution in [0.1, 0.15) is 44.7 Å². The minimum atomic E-state index is -0.149. The van der Waals surface area contributed by atoms with E-state index in [9.17, 15) is 4.39 Å². The first-order valence-corrected chi connectivity index (χ1v) is 7.77. The van der Waals surface area contributed by atoms with E-state index in [0.29, 0.717) is 5.92 Å². The average molecular weight is 278 g/mol. The van der Waals surface area contributed by atoms with Gasteiger partial charge >= 0.3 is 0 Å². The lowest BCUT2D eigenvalue weighted by Gasteiger charge is -2.26. The van der Waals surface area contributed by atoms with Crippen molar-refractivity contribution in [2.24, 2.45) is 5.92 Å². The highest BCUT2D eigenvalue weighted by Gasteiger charge is 2.29. The zero-order chi connectivity index (χ0) is 14.5. The summed E-state index contributed by atoms with van der Waals surface area (Å²) in [5.41, 5.74) is 1.05. The summed E-state index contributed by atoms with van der Waals surface area (Å²) in [6.07, 6.45) is 3.72. The van der Waals surface area contributed by atoms with Crippen molar-refractivity contribution in [2.45, 2.75) is 45.2 Å². The maximum atomic E-state index is 13.3. The van der Waals surface area contributed by atoms with E-state index in [4.69, 9.17) is 0 Å². The largest absolute Gasteiger partial charge is 0.313 e. The third-order valence-electron chi connectivity index (χ3n) is 3.97. The summed E-state index contributed by atoms with van der Waals surface area (Å²) < 4.78 is 13.3. The van der Waals surface area contributed by atoms with Gasteiger partial charge < -0.3 is 10.2 Å². The van der Waals surface area contributed by atoms with Gasteiger partial charge in [-0.1, -0.05) is 26.0 Å². The molecule has 0 bridgehead atoms. The summed E-state index contributed by atoms with van der Waals surface area (Å²) in [7, 11) is 1.96. The van der Waals surface area contributed by atoms with Crippen LogP contribution in [0, 0.1) is 11.7 Å². The quantitative estimate of drug-likeness (QED) is 0.781. The van der Waals surface area contributed by atoms with Crippen molar-refractivity contribution in [3.05, 3.63) is 35.6 Å². The smallest absolute Gasteiger partial charge is 0.123 e. The van der Waals surface area contributed by atoms with Crippen LogP contribution in [-0.4, -0.2) is 31.1 Å². The Morgan fingerprint density at radius 1 is 1.35 bits per heavy atom. The van der Waals surface area contributed by atoms with E-state index in [1.54, 1.807) is 12.1 Å². The number of nitrogens with one attached hydrogen (secondary N) is 1. The van der Waals surface area contributed by atoms with Crippen LogP contribution in [0.3, 0.4) is 0 Å². The molecule has 0 spiro atoms. The van der Waals surface area contributed by atoms with E-state index >= 15 is 0 Å². The first-order valence-electron chi connectivity index (χ1n) is 7.77. The van der Waals surface area contributed by atoms with Crippen molar-refractivity contribution in [1.82, 2.24) is 10.2 Å². The first-order chi connectivity index (χ1) is 9.60. The zero-order valence-electron chi connectivity index (χ0n) is 12.9. The van der Waals surface area contributed by atoms with E-state index < -0.39 is 0 Å². The number of hydrogen-bond donors (Lipinski definition) is 1. The summed E-state index contributed by atoms with van der Waals surface area (Å²) >= 11 is 0. The molecular formula is C17H27FN2. The Bertz CT molecular complexity index is 415. The summed E-state index contributed by atoms with van der Waals surface area (Å²) in [4.78, 5) is 2.61. The maximum absolute atomic E-state index is 13.3. The topological polar surface area (TPSA) is 15.3 Å². The number of rotatable bonds is 8. The van der Waals surface area contributed by atoms with Gasteiger partial charge in [-0.3, -0.25) is 0 Å². The van der Waals surface area contributed by atoms with Crippen molar-refractivity contribution < 1.29 is 4.39 Å². The van der Waals surface area contributed by atoms with Crippen molar-refractivity contribution in [1.29, 1.82) is 0 Å². The van der Waals surface area contributed by atoms with Crippen LogP contribution in [0.5, 0.6) is 0 Å². The van der Waals surface area contributed by atoms with Crippen molar-refractivity contribution in [3.63, 3.8) is 0 Å². The standard InChI is InChI=1S/C17H27FN2/c1-13(2)12-20(16-7-8-16)10-9-17(19-3)14-5-4-6-15(18)11-14/h4-6,11,13,16-17,19H,7-10,12H2,1-3H3. The SMILES string of the molecule is CNC(CCN(CC(C)C)C1CC1)c1cccc(F)c1. The highest BCUT2D eigenvalue weighted by Crippen LogP contribution is 2.29. The second-order valence-electron chi connectivity index (χ2n) is 6.30. The Morgan fingerprint density at radius 2 is 2.10 bits per heavy atom. The van der Waals surface area contributed by atoms with Crippen molar-refractivity contribution in [3.8, 4) is 0 Å². The summed E-state index contributed by atoms with van der Waals surface area (Å²) in [6, 6.07) is 7.98. The molecule has 0 aromatic heterocycles. The minimum Gasteiger partial charge on any atom is -0.313 e. The molecule has 0 saturated heterocycles. The van der Waals surface area contributed by atoms with Gasteiger partial charge in [0.05, 0.1) is 0 Å². The molecule has 1 N–H and O–H groups in total. The lowest BCUT2D eigenvalue weighted by molar-refractivity contribution is 0.222. The van der Waals surface area contributed by atoms with Crippen LogP contribution in [-0.2, 0) is 0 Å². The lowest BCUT2D eigenvalue weighted by Crippen LogP contribution is -2.33. The molecule has 0 radical (unpaired) electrons. The Labute approximate surface area is 122 Å². The highest BCUT2D eigenvalue weighted by atomic mass is 19.1. The van der Waals surface area contributed by atoms with Crippen molar-refractivity contribution >= 4 is 0 Å². The minimum absolute atomic E-state index is 0.149. The molecule has 1 unspecified atom stereocenters. The second kappa shape index (κ2) is 7.19. The van der Waals surface area contributed by atoms with Crippen LogP contribution in [0.25, 0.3) is 0 Å².